The first-order chi connectivity index (χ1) is 11.0. The van der Waals surface area contributed by atoms with E-state index in [0.717, 1.165) is 25.9 Å². The van der Waals surface area contributed by atoms with Gasteiger partial charge in [0.05, 0.1) is 6.42 Å². The predicted octanol–water partition coefficient (Wildman–Crippen LogP) is 3.32. The van der Waals surface area contributed by atoms with Crippen LogP contribution in [-0.2, 0) is 11.2 Å². The number of nitrogens with one attached hydrogen (secondary N) is 1. The molecule has 1 aliphatic rings. The minimum Gasteiger partial charge on any atom is -0.477 e. The van der Waals surface area contributed by atoms with Crippen molar-refractivity contribution in [1.82, 2.24) is 9.88 Å². The van der Waals surface area contributed by atoms with Crippen molar-refractivity contribution < 1.29 is 14.7 Å². The number of amides is 1. The van der Waals surface area contributed by atoms with E-state index < -0.39 is 5.97 Å². The average Bonchev–Trinajstić information content (AvgIpc) is 2.86. The van der Waals surface area contributed by atoms with Gasteiger partial charge in [-0.05, 0) is 37.0 Å². The van der Waals surface area contributed by atoms with Gasteiger partial charge in [-0.2, -0.15) is 0 Å². The van der Waals surface area contributed by atoms with Crippen LogP contribution in [0.2, 0.25) is 5.02 Å². The van der Waals surface area contributed by atoms with Crippen LogP contribution in [0.25, 0.3) is 10.9 Å². The Morgan fingerprint density at radius 2 is 2.04 bits per heavy atom. The fraction of sp³-hybridized carbons (Fsp3) is 0.412. The number of fused-ring (bicyclic) bond motifs is 1. The molecule has 0 saturated carbocycles. The minimum absolute atomic E-state index is 0.0275. The van der Waals surface area contributed by atoms with Gasteiger partial charge in [0.15, 0.2) is 0 Å². The quantitative estimate of drug-likeness (QED) is 0.904. The molecule has 0 unspecified atom stereocenters. The minimum atomic E-state index is -1.06. The number of carbonyl (C=O) groups is 2. The molecule has 0 bridgehead atoms. The van der Waals surface area contributed by atoms with Gasteiger partial charge >= 0.3 is 5.97 Å². The zero-order valence-corrected chi connectivity index (χ0v) is 13.7. The van der Waals surface area contributed by atoms with E-state index in [0.29, 0.717) is 27.4 Å². The summed E-state index contributed by atoms with van der Waals surface area (Å²) < 4.78 is 0. The molecule has 1 saturated heterocycles. The maximum absolute atomic E-state index is 12.6. The first kappa shape index (κ1) is 15.9. The summed E-state index contributed by atoms with van der Waals surface area (Å²) >= 11 is 6.02. The summed E-state index contributed by atoms with van der Waals surface area (Å²) in [6.45, 7) is 3.67. The Kier molecular flexibility index (Phi) is 4.31. The highest BCUT2D eigenvalue weighted by Crippen LogP contribution is 2.27. The standard InChI is InChI=1S/C17H19ClN2O3/c1-10-4-6-20(7-5-10)15(21)9-13-12-8-11(18)2-3-14(12)19-16(13)17(22)23/h2-3,8,10,19H,4-7,9H2,1H3,(H,22,23). The van der Waals surface area contributed by atoms with Crippen LogP contribution in [0.3, 0.4) is 0 Å². The Hall–Kier alpha value is -2.01. The lowest BCUT2D eigenvalue weighted by Gasteiger charge is -2.30. The molecule has 1 aromatic heterocycles. The smallest absolute Gasteiger partial charge is 0.352 e. The topological polar surface area (TPSA) is 73.4 Å². The van der Waals surface area contributed by atoms with Gasteiger partial charge in [0.2, 0.25) is 5.91 Å². The van der Waals surface area contributed by atoms with Crippen LogP contribution in [0.1, 0.15) is 35.8 Å². The highest BCUT2D eigenvalue weighted by molar-refractivity contribution is 6.31. The van der Waals surface area contributed by atoms with Crippen molar-refractivity contribution in [1.29, 1.82) is 0 Å². The van der Waals surface area contributed by atoms with E-state index >= 15 is 0 Å². The van der Waals surface area contributed by atoms with Gasteiger partial charge in [-0.25, -0.2) is 4.79 Å². The maximum Gasteiger partial charge on any atom is 0.352 e. The lowest BCUT2D eigenvalue weighted by atomic mass is 9.98. The molecule has 2 heterocycles. The number of benzene rings is 1. The summed E-state index contributed by atoms with van der Waals surface area (Å²) in [5, 5.41) is 10.6. The number of carboxylic acid groups (broad SMARTS) is 1. The van der Waals surface area contributed by atoms with E-state index in [2.05, 4.69) is 11.9 Å². The molecular weight excluding hydrogens is 316 g/mol. The molecule has 0 radical (unpaired) electrons. The molecule has 1 amide bonds. The van der Waals surface area contributed by atoms with E-state index in [1.165, 1.54) is 0 Å². The molecule has 2 aromatic rings. The highest BCUT2D eigenvalue weighted by Gasteiger charge is 2.24. The largest absolute Gasteiger partial charge is 0.477 e. The number of hydrogen-bond acceptors (Lipinski definition) is 2. The van der Waals surface area contributed by atoms with Crippen molar-refractivity contribution in [2.75, 3.05) is 13.1 Å². The van der Waals surface area contributed by atoms with Crippen LogP contribution in [0.15, 0.2) is 18.2 Å². The number of carboxylic acids is 1. The van der Waals surface area contributed by atoms with Crippen molar-refractivity contribution in [2.24, 2.45) is 5.92 Å². The van der Waals surface area contributed by atoms with Crippen molar-refractivity contribution in [3.63, 3.8) is 0 Å². The number of H-pyrrole nitrogens is 1. The number of aromatic carboxylic acids is 1. The van der Waals surface area contributed by atoms with Crippen LogP contribution in [0.4, 0.5) is 0 Å². The summed E-state index contributed by atoms with van der Waals surface area (Å²) in [6, 6.07) is 5.14. The second kappa shape index (κ2) is 6.24. The van der Waals surface area contributed by atoms with Gasteiger partial charge in [0.1, 0.15) is 5.69 Å². The van der Waals surface area contributed by atoms with Crippen molar-refractivity contribution >= 4 is 34.4 Å². The highest BCUT2D eigenvalue weighted by atomic mass is 35.5. The van der Waals surface area contributed by atoms with E-state index in [4.69, 9.17) is 11.6 Å². The monoisotopic (exact) mass is 334 g/mol. The van der Waals surface area contributed by atoms with Crippen LogP contribution < -0.4 is 0 Å². The third kappa shape index (κ3) is 3.20. The molecule has 1 aromatic carbocycles. The summed E-state index contributed by atoms with van der Waals surface area (Å²) in [7, 11) is 0. The van der Waals surface area contributed by atoms with Crippen LogP contribution in [-0.4, -0.2) is 40.0 Å². The molecule has 1 fully saturated rings. The average molecular weight is 335 g/mol. The van der Waals surface area contributed by atoms with Crippen molar-refractivity contribution in [2.45, 2.75) is 26.2 Å². The molecule has 3 rings (SSSR count). The zero-order valence-electron chi connectivity index (χ0n) is 12.9. The predicted molar refractivity (Wildman–Crippen MR) is 89.0 cm³/mol. The number of likely N-dealkylation sites (tertiary alicyclic amines) is 1. The van der Waals surface area contributed by atoms with E-state index in [1.807, 2.05) is 4.90 Å². The zero-order chi connectivity index (χ0) is 16.6. The number of piperidine rings is 1. The summed E-state index contributed by atoms with van der Waals surface area (Å²) in [6.07, 6.45) is 2.07. The van der Waals surface area contributed by atoms with Crippen molar-refractivity contribution in [3.8, 4) is 0 Å². The van der Waals surface area contributed by atoms with Gasteiger partial charge in [-0.1, -0.05) is 18.5 Å². The van der Waals surface area contributed by atoms with E-state index in [-0.39, 0.29) is 18.0 Å². The molecule has 122 valence electrons. The number of aromatic amines is 1. The molecule has 0 aliphatic carbocycles. The summed E-state index contributed by atoms with van der Waals surface area (Å²) in [4.78, 5) is 28.8. The molecule has 6 heteroatoms. The first-order valence-corrected chi connectivity index (χ1v) is 8.14. The maximum atomic E-state index is 12.6. The van der Waals surface area contributed by atoms with Crippen LogP contribution >= 0.6 is 11.6 Å². The first-order valence-electron chi connectivity index (χ1n) is 7.77. The van der Waals surface area contributed by atoms with Gasteiger partial charge < -0.3 is 15.0 Å². The Labute approximate surface area is 139 Å². The lowest BCUT2D eigenvalue weighted by Crippen LogP contribution is -2.38. The number of hydrogen-bond donors (Lipinski definition) is 2. The van der Waals surface area contributed by atoms with E-state index in [1.54, 1.807) is 18.2 Å². The second-order valence-electron chi connectivity index (χ2n) is 6.21. The molecule has 5 nitrogen and oxygen atoms in total. The number of carbonyl (C=O) groups excluding carboxylic acids is 1. The molecular formula is C17H19ClN2O3. The Bertz CT molecular complexity index is 761. The van der Waals surface area contributed by atoms with Gasteiger partial charge in [-0.15, -0.1) is 0 Å². The Morgan fingerprint density at radius 3 is 2.70 bits per heavy atom. The van der Waals surface area contributed by atoms with Crippen LogP contribution in [0.5, 0.6) is 0 Å². The SMILES string of the molecule is CC1CCN(C(=O)Cc2c(C(=O)O)[nH]c3ccc(Cl)cc23)CC1. The molecule has 23 heavy (non-hydrogen) atoms. The fourth-order valence-electron chi connectivity index (χ4n) is 3.11. The third-order valence-corrected chi connectivity index (χ3v) is 4.78. The second-order valence-corrected chi connectivity index (χ2v) is 6.65. The summed E-state index contributed by atoms with van der Waals surface area (Å²) in [5.74, 6) is -0.451. The normalized spacial score (nSPS) is 16.0. The molecule has 2 N–H and O–H groups in total. The molecule has 0 spiro atoms. The van der Waals surface area contributed by atoms with Crippen LogP contribution in [0, 0.1) is 5.92 Å². The van der Waals surface area contributed by atoms with Crippen molar-refractivity contribution in [3.05, 3.63) is 34.5 Å². The number of rotatable bonds is 3. The molecule has 1 aliphatic heterocycles. The van der Waals surface area contributed by atoms with Gasteiger partial charge in [-0.3, -0.25) is 4.79 Å². The lowest BCUT2D eigenvalue weighted by molar-refractivity contribution is -0.131. The fourth-order valence-corrected chi connectivity index (χ4v) is 3.28. The third-order valence-electron chi connectivity index (χ3n) is 4.55. The number of aromatic nitrogens is 1. The van der Waals surface area contributed by atoms with E-state index in [9.17, 15) is 14.7 Å². The molecule has 0 atom stereocenters. The van der Waals surface area contributed by atoms with Gasteiger partial charge in [0, 0.05) is 34.6 Å². The number of halogens is 1. The number of nitrogens with zero attached hydrogens (tertiary/aromatic N) is 1. The summed E-state index contributed by atoms with van der Waals surface area (Å²) in [5.41, 5.74) is 1.27. The Balaban J connectivity index is 1.92. The Morgan fingerprint density at radius 1 is 1.35 bits per heavy atom. The van der Waals surface area contributed by atoms with Gasteiger partial charge in [0.25, 0.3) is 0 Å².